The van der Waals surface area contributed by atoms with Crippen LogP contribution in [0, 0.1) is 0 Å². The number of ketones is 1. The molecule has 1 unspecified atom stereocenters. The van der Waals surface area contributed by atoms with Gasteiger partial charge in [0, 0.05) is 4.90 Å². The fraction of sp³-hybridized carbons (Fsp3) is 0.200. The molecular weight excluding hydrogens is 214 g/mol. The standard InChI is InChI=1S/C10H11NO3S/c11-10(8(12)6-9(13)14)15-7-4-2-1-3-5-7/h1-5,10H,6,11H2,(H,13,14). The summed E-state index contributed by atoms with van der Waals surface area (Å²) in [6.07, 6.45) is -0.527. The first-order valence-corrected chi connectivity index (χ1v) is 5.19. The number of carboxylic acids is 1. The molecule has 0 radical (unpaired) electrons. The Hall–Kier alpha value is -1.33. The Bertz CT molecular complexity index is 353. The third kappa shape index (κ3) is 4.14. The molecule has 15 heavy (non-hydrogen) atoms. The average Bonchev–Trinajstić information content (AvgIpc) is 2.18. The smallest absolute Gasteiger partial charge is 0.310 e. The fourth-order valence-corrected chi connectivity index (χ4v) is 1.78. The highest BCUT2D eigenvalue weighted by Gasteiger charge is 2.17. The van der Waals surface area contributed by atoms with Gasteiger partial charge in [0.2, 0.25) is 0 Å². The minimum Gasteiger partial charge on any atom is -0.481 e. The topological polar surface area (TPSA) is 80.4 Å². The predicted octanol–water partition coefficient (Wildman–Crippen LogP) is 1.11. The van der Waals surface area contributed by atoms with Crippen LogP contribution in [0.15, 0.2) is 35.2 Å². The van der Waals surface area contributed by atoms with Crippen LogP contribution in [-0.2, 0) is 9.59 Å². The molecule has 3 N–H and O–H groups in total. The van der Waals surface area contributed by atoms with Gasteiger partial charge in [-0.3, -0.25) is 9.59 Å². The molecule has 0 saturated heterocycles. The first kappa shape index (κ1) is 11.7. The molecule has 0 fully saturated rings. The number of carbonyl (C=O) groups is 2. The molecule has 1 aromatic carbocycles. The number of hydrogen-bond acceptors (Lipinski definition) is 4. The number of aliphatic carboxylic acids is 1. The van der Waals surface area contributed by atoms with Crippen molar-refractivity contribution in [2.45, 2.75) is 16.7 Å². The highest BCUT2D eigenvalue weighted by molar-refractivity contribution is 8.00. The minimum atomic E-state index is -1.15. The van der Waals surface area contributed by atoms with Crippen molar-refractivity contribution in [3.8, 4) is 0 Å². The number of hydrogen-bond donors (Lipinski definition) is 2. The van der Waals surface area contributed by atoms with Crippen LogP contribution in [0.5, 0.6) is 0 Å². The molecule has 0 aliphatic heterocycles. The van der Waals surface area contributed by atoms with Crippen LogP contribution in [-0.4, -0.2) is 22.2 Å². The molecule has 1 rings (SSSR count). The molecule has 1 atom stereocenters. The van der Waals surface area contributed by atoms with Crippen molar-refractivity contribution in [1.82, 2.24) is 0 Å². The number of nitrogens with two attached hydrogens (primary N) is 1. The van der Waals surface area contributed by atoms with E-state index in [9.17, 15) is 9.59 Å². The molecular formula is C10H11NO3S. The molecule has 0 amide bonds. The summed E-state index contributed by atoms with van der Waals surface area (Å²) in [5.74, 6) is -1.62. The van der Waals surface area contributed by atoms with Gasteiger partial charge >= 0.3 is 5.97 Å². The minimum absolute atomic E-state index is 0.476. The van der Waals surface area contributed by atoms with Crippen molar-refractivity contribution in [2.75, 3.05) is 0 Å². The van der Waals surface area contributed by atoms with E-state index in [0.29, 0.717) is 0 Å². The fourth-order valence-electron chi connectivity index (χ4n) is 0.961. The van der Waals surface area contributed by atoms with Gasteiger partial charge in [-0.2, -0.15) is 0 Å². The Kier molecular flexibility index (Phi) is 4.33. The first-order chi connectivity index (χ1) is 7.09. The molecule has 5 heteroatoms. The summed E-state index contributed by atoms with van der Waals surface area (Å²) in [5.41, 5.74) is 5.55. The van der Waals surface area contributed by atoms with Crippen molar-refractivity contribution in [3.63, 3.8) is 0 Å². The SMILES string of the molecule is NC(Sc1ccccc1)C(=O)CC(=O)O. The summed E-state index contributed by atoms with van der Waals surface area (Å²) in [6, 6.07) is 9.15. The molecule has 0 saturated carbocycles. The molecule has 1 aromatic rings. The van der Waals surface area contributed by atoms with Gasteiger partial charge in [-0.1, -0.05) is 30.0 Å². The summed E-state index contributed by atoms with van der Waals surface area (Å²) >= 11 is 1.16. The van der Waals surface area contributed by atoms with Crippen molar-refractivity contribution in [2.24, 2.45) is 5.73 Å². The van der Waals surface area contributed by atoms with E-state index in [2.05, 4.69) is 0 Å². The number of carboxylic acid groups (broad SMARTS) is 1. The molecule has 0 aliphatic rings. The normalized spacial score (nSPS) is 12.1. The zero-order chi connectivity index (χ0) is 11.3. The van der Waals surface area contributed by atoms with Gasteiger partial charge in [-0.05, 0) is 12.1 Å². The monoisotopic (exact) mass is 225 g/mol. The highest BCUT2D eigenvalue weighted by atomic mass is 32.2. The lowest BCUT2D eigenvalue weighted by Gasteiger charge is -2.08. The van der Waals surface area contributed by atoms with Gasteiger partial charge in [0.15, 0.2) is 5.78 Å². The van der Waals surface area contributed by atoms with E-state index in [-0.39, 0.29) is 0 Å². The molecule has 0 heterocycles. The third-order valence-corrected chi connectivity index (χ3v) is 2.71. The van der Waals surface area contributed by atoms with Gasteiger partial charge in [-0.15, -0.1) is 0 Å². The molecule has 0 spiro atoms. The Balaban J connectivity index is 2.52. The average molecular weight is 225 g/mol. The predicted molar refractivity (Wildman–Crippen MR) is 57.5 cm³/mol. The molecule has 80 valence electrons. The number of carbonyl (C=O) groups excluding carboxylic acids is 1. The maximum atomic E-state index is 11.2. The van der Waals surface area contributed by atoms with Crippen LogP contribution in [0.3, 0.4) is 0 Å². The summed E-state index contributed by atoms with van der Waals surface area (Å²) in [6.45, 7) is 0. The van der Waals surface area contributed by atoms with E-state index in [1.165, 1.54) is 0 Å². The Morgan fingerprint density at radius 1 is 1.33 bits per heavy atom. The quantitative estimate of drug-likeness (QED) is 0.445. The van der Waals surface area contributed by atoms with Gasteiger partial charge in [0.1, 0.15) is 11.8 Å². The van der Waals surface area contributed by atoms with E-state index in [4.69, 9.17) is 10.8 Å². The Morgan fingerprint density at radius 3 is 2.47 bits per heavy atom. The number of Topliss-reactive ketones (excluding diaryl/α,β-unsaturated/α-hetero) is 1. The Morgan fingerprint density at radius 2 is 1.93 bits per heavy atom. The molecule has 0 bridgehead atoms. The van der Waals surface area contributed by atoms with Crippen LogP contribution in [0.4, 0.5) is 0 Å². The van der Waals surface area contributed by atoms with Gasteiger partial charge in [0.25, 0.3) is 0 Å². The van der Waals surface area contributed by atoms with Gasteiger partial charge < -0.3 is 10.8 Å². The zero-order valence-electron chi connectivity index (χ0n) is 7.92. The van der Waals surface area contributed by atoms with Gasteiger partial charge in [0.05, 0.1) is 0 Å². The van der Waals surface area contributed by atoms with E-state index >= 15 is 0 Å². The number of benzene rings is 1. The number of thioether (sulfide) groups is 1. The number of rotatable bonds is 5. The third-order valence-electron chi connectivity index (χ3n) is 1.65. The van der Waals surface area contributed by atoms with Crippen LogP contribution in [0.25, 0.3) is 0 Å². The van der Waals surface area contributed by atoms with Crippen molar-refractivity contribution >= 4 is 23.5 Å². The maximum Gasteiger partial charge on any atom is 0.310 e. The summed E-state index contributed by atoms with van der Waals surface area (Å²) in [5, 5.41) is 7.60. The first-order valence-electron chi connectivity index (χ1n) is 4.31. The largest absolute Gasteiger partial charge is 0.481 e. The second-order valence-electron chi connectivity index (χ2n) is 2.89. The lowest BCUT2D eigenvalue weighted by Crippen LogP contribution is -2.28. The van der Waals surface area contributed by atoms with Gasteiger partial charge in [-0.25, -0.2) is 0 Å². The molecule has 0 aliphatic carbocycles. The highest BCUT2D eigenvalue weighted by Crippen LogP contribution is 2.20. The van der Waals surface area contributed by atoms with Crippen molar-refractivity contribution in [1.29, 1.82) is 0 Å². The van der Waals surface area contributed by atoms with Crippen molar-refractivity contribution in [3.05, 3.63) is 30.3 Å². The van der Waals surface area contributed by atoms with Crippen LogP contribution in [0.1, 0.15) is 6.42 Å². The Labute approximate surface area is 91.5 Å². The van der Waals surface area contributed by atoms with E-state index in [0.717, 1.165) is 16.7 Å². The summed E-state index contributed by atoms with van der Waals surface area (Å²) in [4.78, 5) is 22.4. The molecule has 4 nitrogen and oxygen atoms in total. The van der Waals surface area contributed by atoms with Crippen LogP contribution < -0.4 is 5.73 Å². The van der Waals surface area contributed by atoms with E-state index in [1.807, 2.05) is 30.3 Å². The second kappa shape index (κ2) is 5.53. The maximum absolute atomic E-state index is 11.2. The lowest BCUT2D eigenvalue weighted by molar-refractivity contribution is -0.140. The lowest BCUT2D eigenvalue weighted by atomic mass is 10.3. The van der Waals surface area contributed by atoms with Crippen molar-refractivity contribution < 1.29 is 14.7 Å². The van der Waals surface area contributed by atoms with Crippen LogP contribution >= 0.6 is 11.8 Å². The summed E-state index contributed by atoms with van der Waals surface area (Å²) < 4.78 is 0. The van der Waals surface area contributed by atoms with E-state index in [1.54, 1.807) is 0 Å². The second-order valence-corrected chi connectivity index (χ2v) is 4.10. The molecule has 0 aromatic heterocycles. The van der Waals surface area contributed by atoms with E-state index < -0.39 is 23.5 Å². The van der Waals surface area contributed by atoms with Crippen LogP contribution in [0.2, 0.25) is 0 Å². The summed E-state index contributed by atoms with van der Waals surface area (Å²) in [7, 11) is 0. The zero-order valence-corrected chi connectivity index (χ0v) is 8.74.